The van der Waals surface area contributed by atoms with Crippen molar-refractivity contribution < 1.29 is 13.2 Å². The highest BCUT2D eigenvalue weighted by Gasteiger charge is 2.20. The molecule has 0 saturated carbocycles. The number of rotatable bonds is 4. The van der Waals surface area contributed by atoms with Crippen LogP contribution in [0.5, 0.6) is 0 Å². The second kappa shape index (κ2) is 5.26. The molecule has 6 heteroatoms. The van der Waals surface area contributed by atoms with Crippen LogP contribution in [0.1, 0.15) is 12.0 Å². The Hall–Kier alpha value is -1.11. The molecule has 5 nitrogen and oxygen atoms in total. The number of aryl methyl sites for hydroxylation is 1. The molecular formula is C12H18N2O3S. The van der Waals surface area contributed by atoms with Crippen molar-refractivity contribution in [3.05, 3.63) is 23.8 Å². The lowest BCUT2D eigenvalue weighted by atomic mass is 10.1. The smallest absolute Gasteiger partial charge is 0.240 e. The molecule has 1 aromatic carbocycles. The van der Waals surface area contributed by atoms with Crippen molar-refractivity contribution in [1.29, 1.82) is 0 Å². The summed E-state index contributed by atoms with van der Waals surface area (Å²) in [6.45, 7) is 3.59. The van der Waals surface area contributed by atoms with Crippen LogP contribution >= 0.6 is 0 Å². The molecule has 1 atom stereocenters. The van der Waals surface area contributed by atoms with E-state index in [-0.39, 0.29) is 10.8 Å². The highest BCUT2D eigenvalue weighted by Crippen LogP contribution is 2.18. The maximum atomic E-state index is 12.0. The number of nitrogens with one attached hydrogen (secondary N) is 1. The van der Waals surface area contributed by atoms with Crippen molar-refractivity contribution in [2.75, 3.05) is 25.5 Å². The Kier molecular flexibility index (Phi) is 3.89. The zero-order valence-corrected chi connectivity index (χ0v) is 11.2. The third-order valence-electron chi connectivity index (χ3n) is 3.15. The van der Waals surface area contributed by atoms with Crippen LogP contribution in [0, 0.1) is 12.8 Å². The minimum absolute atomic E-state index is 0.213. The maximum absolute atomic E-state index is 12.0. The molecule has 100 valence electrons. The molecular weight excluding hydrogens is 252 g/mol. The van der Waals surface area contributed by atoms with Gasteiger partial charge in [-0.2, -0.15) is 0 Å². The second-order valence-electron chi connectivity index (χ2n) is 4.60. The van der Waals surface area contributed by atoms with Gasteiger partial charge in [-0.05, 0) is 37.0 Å². The number of hydrogen-bond donors (Lipinski definition) is 2. The molecule has 1 aromatic rings. The number of nitrogens with two attached hydrogens (primary N) is 1. The van der Waals surface area contributed by atoms with Crippen molar-refractivity contribution in [2.24, 2.45) is 5.92 Å². The highest BCUT2D eigenvalue weighted by atomic mass is 32.2. The number of benzene rings is 1. The molecule has 0 radical (unpaired) electrons. The largest absolute Gasteiger partial charge is 0.398 e. The molecule has 1 aliphatic heterocycles. The normalized spacial score (nSPS) is 20.2. The third kappa shape index (κ3) is 3.01. The molecule has 0 aliphatic carbocycles. The molecule has 0 amide bonds. The number of sulfonamides is 1. The van der Waals surface area contributed by atoms with E-state index in [0.29, 0.717) is 25.4 Å². The van der Waals surface area contributed by atoms with Gasteiger partial charge < -0.3 is 10.5 Å². The monoisotopic (exact) mass is 270 g/mol. The molecule has 1 aliphatic rings. The maximum Gasteiger partial charge on any atom is 0.240 e. The average Bonchev–Trinajstić information content (AvgIpc) is 2.83. The van der Waals surface area contributed by atoms with Gasteiger partial charge in [0.05, 0.1) is 11.5 Å². The van der Waals surface area contributed by atoms with Crippen LogP contribution < -0.4 is 10.5 Å². The SMILES string of the molecule is Cc1ccc(S(=O)(=O)NCC2CCOC2)cc1N. The molecule has 1 heterocycles. The summed E-state index contributed by atoms with van der Waals surface area (Å²) in [4.78, 5) is 0.213. The minimum Gasteiger partial charge on any atom is -0.398 e. The zero-order valence-electron chi connectivity index (χ0n) is 10.3. The van der Waals surface area contributed by atoms with Gasteiger partial charge in [-0.1, -0.05) is 6.07 Å². The first-order chi connectivity index (χ1) is 8.49. The van der Waals surface area contributed by atoms with E-state index in [0.717, 1.165) is 12.0 Å². The average molecular weight is 270 g/mol. The van der Waals surface area contributed by atoms with Gasteiger partial charge in [-0.15, -0.1) is 0 Å². The summed E-state index contributed by atoms with van der Waals surface area (Å²) in [7, 11) is -3.47. The quantitative estimate of drug-likeness (QED) is 0.796. The summed E-state index contributed by atoms with van der Waals surface area (Å²) in [5, 5.41) is 0. The van der Waals surface area contributed by atoms with Crippen LogP contribution in [0.4, 0.5) is 5.69 Å². The van der Waals surface area contributed by atoms with Gasteiger partial charge in [0, 0.05) is 18.8 Å². The van der Waals surface area contributed by atoms with Crippen molar-refractivity contribution in [1.82, 2.24) is 4.72 Å². The van der Waals surface area contributed by atoms with E-state index in [4.69, 9.17) is 10.5 Å². The Morgan fingerprint density at radius 1 is 1.50 bits per heavy atom. The van der Waals surface area contributed by atoms with E-state index in [1.807, 2.05) is 6.92 Å². The third-order valence-corrected chi connectivity index (χ3v) is 4.57. The van der Waals surface area contributed by atoms with E-state index in [1.54, 1.807) is 12.1 Å². The van der Waals surface area contributed by atoms with E-state index < -0.39 is 10.0 Å². The second-order valence-corrected chi connectivity index (χ2v) is 6.37. The summed E-state index contributed by atoms with van der Waals surface area (Å²) < 4.78 is 31.9. The lowest BCUT2D eigenvalue weighted by molar-refractivity contribution is 0.186. The Balaban J connectivity index is 2.07. The number of ether oxygens (including phenoxy) is 1. The molecule has 0 aromatic heterocycles. The fraction of sp³-hybridized carbons (Fsp3) is 0.500. The molecule has 1 fully saturated rings. The first-order valence-electron chi connectivity index (χ1n) is 5.92. The molecule has 1 unspecified atom stereocenters. The lowest BCUT2D eigenvalue weighted by Gasteiger charge is -2.11. The Morgan fingerprint density at radius 3 is 2.89 bits per heavy atom. The van der Waals surface area contributed by atoms with Crippen LogP contribution in [0.2, 0.25) is 0 Å². The zero-order chi connectivity index (χ0) is 13.2. The summed E-state index contributed by atoms with van der Waals surface area (Å²) in [6, 6.07) is 4.77. The predicted molar refractivity (Wildman–Crippen MR) is 69.7 cm³/mol. The molecule has 2 rings (SSSR count). The van der Waals surface area contributed by atoms with Gasteiger partial charge in [0.1, 0.15) is 0 Å². The Labute approximate surface area is 107 Å². The van der Waals surface area contributed by atoms with Crippen LogP contribution in [-0.2, 0) is 14.8 Å². The van der Waals surface area contributed by atoms with Crippen LogP contribution in [0.15, 0.2) is 23.1 Å². The van der Waals surface area contributed by atoms with Crippen molar-refractivity contribution in [3.8, 4) is 0 Å². The highest BCUT2D eigenvalue weighted by molar-refractivity contribution is 7.89. The molecule has 3 N–H and O–H groups in total. The lowest BCUT2D eigenvalue weighted by Crippen LogP contribution is -2.29. The van der Waals surface area contributed by atoms with Gasteiger partial charge in [0.25, 0.3) is 0 Å². The summed E-state index contributed by atoms with van der Waals surface area (Å²) in [6.07, 6.45) is 0.901. The first-order valence-corrected chi connectivity index (χ1v) is 7.41. The number of hydrogen-bond acceptors (Lipinski definition) is 4. The van der Waals surface area contributed by atoms with Crippen molar-refractivity contribution >= 4 is 15.7 Å². The van der Waals surface area contributed by atoms with Crippen molar-refractivity contribution in [2.45, 2.75) is 18.2 Å². The first kappa shape index (κ1) is 13.3. The summed E-state index contributed by atoms with van der Waals surface area (Å²) in [5.41, 5.74) is 7.08. The van der Waals surface area contributed by atoms with E-state index in [9.17, 15) is 8.42 Å². The predicted octanol–water partition coefficient (Wildman–Crippen LogP) is 0.892. The number of anilines is 1. The van der Waals surface area contributed by atoms with Crippen LogP contribution in [0.25, 0.3) is 0 Å². The van der Waals surface area contributed by atoms with Crippen LogP contribution in [-0.4, -0.2) is 28.2 Å². The molecule has 1 saturated heterocycles. The molecule has 0 bridgehead atoms. The Bertz CT molecular complexity index is 522. The summed E-state index contributed by atoms with van der Waals surface area (Å²) in [5.74, 6) is 0.266. The van der Waals surface area contributed by atoms with E-state index in [2.05, 4.69) is 4.72 Å². The van der Waals surface area contributed by atoms with Gasteiger partial charge in [-0.3, -0.25) is 0 Å². The van der Waals surface area contributed by atoms with Gasteiger partial charge in [-0.25, -0.2) is 13.1 Å². The van der Waals surface area contributed by atoms with Gasteiger partial charge in [0.2, 0.25) is 10.0 Å². The topological polar surface area (TPSA) is 81.4 Å². The van der Waals surface area contributed by atoms with Gasteiger partial charge in [0.15, 0.2) is 0 Å². The number of nitrogen functional groups attached to an aromatic ring is 1. The van der Waals surface area contributed by atoms with Crippen LogP contribution in [0.3, 0.4) is 0 Å². The molecule has 18 heavy (non-hydrogen) atoms. The van der Waals surface area contributed by atoms with E-state index in [1.165, 1.54) is 6.07 Å². The Morgan fingerprint density at radius 2 is 2.28 bits per heavy atom. The van der Waals surface area contributed by atoms with E-state index >= 15 is 0 Å². The standard InChI is InChI=1S/C12H18N2O3S/c1-9-2-3-11(6-12(9)13)18(15,16)14-7-10-4-5-17-8-10/h2-3,6,10,14H,4-5,7-8,13H2,1H3. The summed E-state index contributed by atoms with van der Waals surface area (Å²) >= 11 is 0. The minimum atomic E-state index is -3.47. The fourth-order valence-corrected chi connectivity index (χ4v) is 2.99. The fourth-order valence-electron chi connectivity index (χ4n) is 1.84. The van der Waals surface area contributed by atoms with Crippen molar-refractivity contribution in [3.63, 3.8) is 0 Å². The van der Waals surface area contributed by atoms with Gasteiger partial charge >= 0.3 is 0 Å². The molecule has 0 spiro atoms.